The third-order valence-corrected chi connectivity index (χ3v) is 9.27. The topological polar surface area (TPSA) is 198 Å². The number of carbonyl (C=O) groups is 3. The van der Waals surface area contributed by atoms with E-state index in [1.54, 1.807) is 43.8 Å². The summed E-state index contributed by atoms with van der Waals surface area (Å²) in [4.78, 5) is 42.3. The molecule has 3 heterocycles. The number of carboxylic acid groups (broad SMARTS) is 1. The van der Waals surface area contributed by atoms with Crippen molar-refractivity contribution in [2.45, 2.75) is 70.0 Å². The first kappa shape index (κ1) is 45.7. The first-order valence-corrected chi connectivity index (χ1v) is 17.5. The minimum Gasteiger partial charge on any atom is -0.676 e. The molecule has 1 saturated carbocycles. The molecular weight excluding hydrogens is 893 g/mol. The molecule has 3 aromatic carbocycles. The third-order valence-electron chi connectivity index (χ3n) is 9.02. The number of aliphatic carboxylic acids is 1. The first-order valence-electron chi connectivity index (χ1n) is 17.1. The number of pyridine rings is 2. The van der Waals surface area contributed by atoms with Crippen LogP contribution < -0.4 is 9.64 Å². The molecule has 7 rings (SSSR count). The Morgan fingerprint density at radius 3 is 1.93 bits per heavy atom. The van der Waals surface area contributed by atoms with Crippen LogP contribution in [0, 0.1) is 0 Å². The summed E-state index contributed by atoms with van der Waals surface area (Å²) in [5, 5.41) is 10.7. The Labute approximate surface area is 334 Å². The Hall–Kier alpha value is -4.45. The van der Waals surface area contributed by atoms with E-state index < -0.39 is 12.6 Å². The van der Waals surface area contributed by atoms with E-state index in [4.69, 9.17) is 32.9 Å². The minimum atomic E-state index is -1.15. The molecule has 1 fully saturated rings. The maximum atomic E-state index is 13.0. The predicted molar refractivity (Wildman–Crippen MR) is 209 cm³/mol. The fourth-order valence-electron chi connectivity index (χ4n) is 6.34. The molecule has 4 atom stereocenters. The second-order valence-corrected chi connectivity index (χ2v) is 12.8. The number of nitrogens with zero attached hydrogens (tertiary/aromatic N) is 3. The third kappa shape index (κ3) is 12.0. The number of rotatable bonds is 6. The number of anilines is 1. The summed E-state index contributed by atoms with van der Waals surface area (Å²) < 4.78 is 9.16. The van der Waals surface area contributed by atoms with Gasteiger partial charge in [0.25, 0.3) is 12.4 Å². The summed E-state index contributed by atoms with van der Waals surface area (Å²) in [6.45, 7) is 3.80. The van der Waals surface area contributed by atoms with Crippen molar-refractivity contribution >= 4 is 57.4 Å². The van der Waals surface area contributed by atoms with Crippen molar-refractivity contribution in [3.8, 4) is 5.75 Å². The van der Waals surface area contributed by atoms with E-state index in [0.717, 1.165) is 52.5 Å². The molecule has 5 N–H and O–H groups in total. The van der Waals surface area contributed by atoms with Gasteiger partial charge in [-0.25, -0.2) is 4.79 Å². The molecule has 2 aromatic heterocycles. The fourth-order valence-corrected chi connectivity index (χ4v) is 6.46. The Kier molecular flexibility index (Phi) is 19.2. The van der Waals surface area contributed by atoms with Crippen LogP contribution in [0.4, 0.5) is 5.69 Å². The molecule has 0 radical (unpaired) electrons. The number of amides is 1. The zero-order chi connectivity index (χ0) is 37.6. The molecule has 1 aliphatic carbocycles. The number of fused-ring (bicyclic) bond motifs is 4. The van der Waals surface area contributed by atoms with Crippen LogP contribution in [0.3, 0.4) is 0 Å². The number of halogens is 1. The van der Waals surface area contributed by atoms with Crippen molar-refractivity contribution < 1.29 is 55.5 Å². The van der Waals surface area contributed by atoms with Gasteiger partial charge in [-0.05, 0) is 73.5 Å². The Morgan fingerprint density at radius 2 is 1.48 bits per heavy atom. The molecule has 0 spiro atoms. The molecule has 1 aliphatic heterocycles. The van der Waals surface area contributed by atoms with Crippen LogP contribution in [0.15, 0.2) is 91.3 Å². The minimum absolute atomic E-state index is 0. The summed E-state index contributed by atoms with van der Waals surface area (Å²) in [7, 11) is 1.66. The molecule has 290 valence electrons. The first-order chi connectivity index (χ1) is 25.1. The van der Waals surface area contributed by atoms with Crippen LogP contribution in [-0.4, -0.2) is 70.7 Å². The number of benzene rings is 3. The number of ether oxygens (including phenoxy) is 2. The molecule has 14 heteroatoms. The normalized spacial score (nSPS) is 18.0. The SMILES string of the molecule is CCC1c2cc(OC)ccc2N(C(=O)c2ccc(Cl)cc2)C1C.O.O=COCC(=O)O.[NH-]C1CCCC[C@@H]1[NH-].[Pt+2].c1cnc2c(c1)ccc1cccnc12. The van der Waals surface area contributed by atoms with Gasteiger partial charge in [-0.2, -0.15) is 12.1 Å². The van der Waals surface area contributed by atoms with Crippen molar-refractivity contribution in [2.75, 3.05) is 18.6 Å². The maximum absolute atomic E-state index is 13.0. The predicted octanol–water partition coefficient (Wildman–Crippen LogP) is 8.49. The smallest absolute Gasteiger partial charge is 0.676 e. The van der Waals surface area contributed by atoms with Gasteiger partial charge < -0.3 is 36.4 Å². The molecule has 54 heavy (non-hydrogen) atoms. The molecule has 0 bridgehead atoms. The van der Waals surface area contributed by atoms with Crippen LogP contribution >= 0.6 is 11.6 Å². The maximum Gasteiger partial charge on any atom is 2.00 e. The number of nitrogens with one attached hydrogen (secondary N) is 2. The van der Waals surface area contributed by atoms with E-state index in [2.05, 4.69) is 58.9 Å². The van der Waals surface area contributed by atoms with Crippen LogP contribution in [0.2, 0.25) is 5.02 Å². The summed E-state index contributed by atoms with van der Waals surface area (Å²) in [6.07, 6.45) is 8.83. The average Bonchev–Trinajstić information content (AvgIpc) is 3.45. The van der Waals surface area contributed by atoms with Crippen molar-refractivity contribution in [3.63, 3.8) is 0 Å². The van der Waals surface area contributed by atoms with Gasteiger partial charge in [-0.3, -0.25) is 19.6 Å². The molecule has 12 nitrogen and oxygen atoms in total. The summed E-state index contributed by atoms with van der Waals surface area (Å²) in [5.41, 5.74) is 19.3. The molecule has 3 unspecified atom stereocenters. The average molecular weight is 939 g/mol. The van der Waals surface area contributed by atoms with Crippen LogP contribution in [-0.2, 0) is 35.4 Å². The quantitative estimate of drug-likeness (QED) is 0.129. The number of hydrogen-bond donors (Lipinski definition) is 1. The molecular formula is C40H46ClN5O7Pt. The van der Waals surface area contributed by atoms with Gasteiger partial charge in [0.2, 0.25) is 0 Å². The van der Waals surface area contributed by atoms with Gasteiger partial charge >= 0.3 is 27.0 Å². The number of carboxylic acids is 1. The number of hydrogen-bond acceptors (Lipinski definition) is 7. The Bertz CT molecular complexity index is 1890. The van der Waals surface area contributed by atoms with E-state index in [1.807, 2.05) is 29.2 Å². The summed E-state index contributed by atoms with van der Waals surface area (Å²) in [5.74, 6) is 0.00942. The van der Waals surface area contributed by atoms with Crippen molar-refractivity contribution in [3.05, 3.63) is 119 Å². The van der Waals surface area contributed by atoms with Gasteiger partial charge in [-0.1, -0.05) is 68.5 Å². The second-order valence-electron chi connectivity index (χ2n) is 12.4. The standard InChI is InChI=1S/C19H20ClNO2.C12H8N2.C6H12N2.C3H4O4.H2O.Pt/c1-4-16-12(2)21(18-10-9-15(23-3)11-17(16)18)19(22)13-5-7-14(20)8-6-13;1-3-9-5-6-10-4-2-8-14-12(10)11(9)13-7-1;7-5-3-1-2-4-6(5)8;4-2-7-1-3(5)6;;/h5-12,16H,4H2,1-3H3;1-8H;5-8H,1-4H2;2H,1H2,(H,5,6);1H2;/q;;-2;;;+2/t;;5-,6?;;;/m..0.../s1. The molecule has 2 aliphatic rings. The second kappa shape index (κ2) is 22.7. The molecule has 5 aromatic rings. The largest absolute Gasteiger partial charge is 2.00 e. The van der Waals surface area contributed by atoms with Crippen molar-refractivity contribution in [2.24, 2.45) is 0 Å². The van der Waals surface area contributed by atoms with E-state index >= 15 is 0 Å². The zero-order valence-corrected chi connectivity index (χ0v) is 33.3. The monoisotopic (exact) mass is 938 g/mol. The summed E-state index contributed by atoms with van der Waals surface area (Å²) >= 11 is 5.93. The van der Waals surface area contributed by atoms with E-state index in [0.29, 0.717) is 16.5 Å². The fraction of sp³-hybridized carbons (Fsp3) is 0.325. The number of carbonyl (C=O) groups excluding carboxylic acids is 2. The van der Waals surface area contributed by atoms with Gasteiger partial charge in [0, 0.05) is 51.4 Å². The summed E-state index contributed by atoms with van der Waals surface area (Å²) in [6, 6.07) is 25.1. The van der Waals surface area contributed by atoms with Crippen LogP contribution in [0.5, 0.6) is 5.75 Å². The van der Waals surface area contributed by atoms with Crippen molar-refractivity contribution in [1.82, 2.24) is 9.97 Å². The van der Waals surface area contributed by atoms with Crippen LogP contribution in [0.1, 0.15) is 67.8 Å². The van der Waals surface area contributed by atoms with Crippen LogP contribution in [0.25, 0.3) is 33.3 Å². The van der Waals surface area contributed by atoms with E-state index in [9.17, 15) is 14.4 Å². The van der Waals surface area contributed by atoms with E-state index in [1.165, 1.54) is 18.4 Å². The van der Waals surface area contributed by atoms with Gasteiger partial charge in [0.05, 0.1) is 18.1 Å². The number of methoxy groups -OCH3 is 1. The molecule has 0 saturated heterocycles. The van der Waals surface area contributed by atoms with E-state index in [-0.39, 0.29) is 57.0 Å². The zero-order valence-electron chi connectivity index (χ0n) is 30.3. The van der Waals surface area contributed by atoms with Gasteiger partial charge in [0.1, 0.15) is 5.75 Å². The Balaban J connectivity index is 0.000000276. The molecule has 1 amide bonds. The Morgan fingerprint density at radius 1 is 0.926 bits per heavy atom. The number of aromatic nitrogens is 2. The van der Waals surface area contributed by atoms with Crippen molar-refractivity contribution in [1.29, 1.82) is 0 Å². The van der Waals surface area contributed by atoms with Gasteiger partial charge in [-0.15, -0.1) is 0 Å². The van der Waals surface area contributed by atoms with Gasteiger partial charge in [0.15, 0.2) is 6.61 Å².